The highest BCUT2D eigenvalue weighted by Gasteiger charge is 2.20. The van der Waals surface area contributed by atoms with Gasteiger partial charge in [-0.2, -0.15) is 0 Å². The van der Waals surface area contributed by atoms with Gasteiger partial charge in [0.05, 0.1) is 6.33 Å². The Bertz CT molecular complexity index is 614. The number of hydrogen-bond donors (Lipinski definition) is 1. The van der Waals surface area contributed by atoms with Gasteiger partial charge in [-0.3, -0.25) is 4.79 Å². The molecule has 5 heteroatoms. The Balaban J connectivity index is 2.16. The third-order valence-electron chi connectivity index (χ3n) is 3.86. The zero-order chi connectivity index (χ0) is 16.8. The molecule has 0 radical (unpaired) electrons. The van der Waals surface area contributed by atoms with E-state index in [9.17, 15) is 4.79 Å². The van der Waals surface area contributed by atoms with Crippen molar-refractivity contribution < 1.29 is 4.79 Å². The molecule has 1 heterocycles. The monoisotopic (exact) mass is 314 g/mol. The average Bonchev–Trinajstić information content (AvgIpc) is 2.97. The van der Waals surface area contributed by atoms with Crippen LogP contribution in [0.3, 0.4) is 0 Å². The van der Waals surface area contributed by atoms with Gasteiger partial charge in [0.25, 0.3) is 0 Å². The van der Waals surface area contributed by atoms with Gasteiger partial charge in [0.2, 0.25) is 5.91 Å². The molecular formula is C18H26N4O. The molecule has 0 bridgehead atoms. The van der Waals surface area contributed by atoms with E-state index in [1.165, 1.54) is 0 Å². The molecule has 23 heavy (non-hydrogen) atoms. The van der Waals surface area contributed by atoms with Gasteiger partial charge in [-0.25, -0.2) is 4.98 Å². The van der Waals surface area contributed by atoms with Crippen molar-refractivity contribution in [2.75, 3.05) is 11.4 Å². The highest BCUT2D eigenvalue weighted by atomic mass is 16.2. The number of nitrogens with two attached hydrogens (primary N) is 1. The second-order valence-electron chi connectivity index (χ2n) is 6.12. The number of rotatable bonds is 7. The summed E-state index contributed by atoms with van der Waals surface area (Å²) in [6, 6.07) is 5.98. The lowest BCUT2D eigenvalue weighted by atomic mass is 10.1. The van der Waals surface area contributed by atoms with Gasteiger partial charge in [0.15, 0.2) is 0 Å². The summed E-state index contributed by atoms with van der Waals surface area (Å²) in [6.45, 7) is 7.48. The largest absolute Gasteiger partial charge is 0.337 e. The standard InChI is InChI=1S/C18H26N4O/c1-14-6-4-7-15(2)18(14)22(17(23)12-16(3)19)10-5-9-21-11-8-20-13-21/h4,6-8,11,13,16H,5,9-10,12,19H2,1-3H3. The van der Waals surface area contributed by atoms with Crippen LogP contribution in [0.15, 0.2) is 36.9 Å². The summed E-state index contributed by atoms with van der Waals surface area (Å²) in [7, 11) is 0. The van der Waals surface area contributed by atoms with Crippen molar-refractivity contribution in [2.45, 2.75) is 46.2 Å². The molecule has 1 aromatic heterocycles. The lowest BCUT2D eigenvalue weighted by molar-refractivity contribution is -0.118. The topological polar surface area (TPSA) is 64.2 Å². The first-order valence-corrected chi connectivity index (χ1v) is 8.07. The van der Waals surface area contributed by atoms with Crippen molar-refractivity contribution in [1.82, 2.24) is 9.55 Å². The molecule has 0 fully saturated rings. The molecule has 0 aliphatic rings. The number of imidazole rings is 1. The van der Waals surface area contributed by atoms with Crippen LogP contribution in [0.5, 0.6) is 0 Å². The number of hydrogen-bond acceptors (Lipinski definition) is 3. The molecule has 2 rings (SSSR count). The summed E-state index contributed by atoms with van der Waals surface area (Å²) in [6.07, 6.45) is 6.73. The first-order valence-electron chi connectivity index (χ1n) is 8.07. The fraction of sp³-hybridized carbons (Fsp3) is 0.444. The van der Waals surface area contributed by atoms with Gasteiger partial charge in [-0.15, -0.1) is 0 Å². The van der Waals surface area contributed by atoms with Crippen molar-refractivity contribution in [3.63, 3.8) is 0 Å². The molecule has 1 aromatic carbocycles. The maximum absolute atomic E-state index is 12.7. The Morgan fingerprint density at radius 2 is 2.04 bits per heavy atom. The van der Waals surface area contributed by atoms with Gasteiger partial charge in [0, 0.05) is 43.6 Å². The molecular weight excluding hydrogens is 288 g/mol. The minimum atomic E-state index is -0.136. The molecule has 1 unspecified atom stereocenters. The summed E-state index contributed by atoms with van der Waals surface area (Å²) in [4.78, 5) is 18.6. The SMILES string of the molecule is Cc1cccc(C)c1N(CCCn1ccnc1)C(=O)CC(C)N. The number of aromatic nitrogens is 2. The van der Waals surface area contributed by atoms with Crippen LogP contribution in [0, 0.1) is 13.8 Å². The maximum atomic E-state index is 12.7. The molecule has 2 N–H and O–H groups in total. The first-order chi connectivity index (χ1) is 11.0. The Morgan fingerprint density at radius 3 is 2.61 bits per heavy atom. The minimum absolute atomic E-state index is 0.0861. The van der Waals surface area contributed by atoms with Crippen molar-refractivity contribution in [1.29, 1.82) is 0 Å². The van der Waals surface area contributed by atoms with Crippen molar-refractivity contribution >= 4 is 11.6 Å². The molecule has 0 spiro atoms. The van der Waals surface area contributed by atoms with E-state index in [1.807, 2.05) is 54.6 Å². The zero-order valence-electron chi connectivity index (χ0n) is 14.2. The van der Waals surface area contributed by atoms with E-state index in [0.717, 1.165) is 29.8 Å². The molecule has 0 aliphatic carbocycles. The molecule has 2 aromatic rings. The number of nitrogens with zero attached hydrogens (tertiary/aromatic N) is 3. The van der Waals surface area contributed by atoms with E-state index < -0.39 is 0 Å². The molecule has 124 valence electrons. The highest BCUT2D eigenvalue weighted by Crippen LogP contribution is 2.25. The summed E-state index contributed by atoms with van der Waals surface area (Å²) < 4.78 is 2.03. The number of carbonyl (C=O) groups is 1. The van der Waals surface area contributed by atoms with Gasteiger partial charge in [0.1, 0.15) is 0 Å². The molecule has 0 saturated carbocycles. The molecule has 0 saturated heterocycles. The van der Waals surface area contributed by atoms with Crippen LogP contribution in [0.2, 0.25) is 0 Å². The van der Waals surface area contributed by atoms with E-state index in [1.54, 1.807) is 12.5 Å². The molecule has 1 atom stereocenters. The van der Waals surface area contributed by atoms with Gasteiger partial charge < -0.3 is 15.2 Å². The van der Waals surface area contributed by atoms with E-state index in [4.69, 9.17) is 5.73 Å². The van der Waals surface area contributed by atoms with Crippen LogP contribution in [0.1, 0.15) is 30.9 Å². The van der Waals surface area contributed by atoms with Crippen LogP contribution in [0.4, 0.5) is 5.69 Å². The Hall–Kier alpha value is -2.14. The third kappa shape index (κ3) is 4.66. The van der Waals surface area contributed by atoms with E-state index in [2.05, 4.69) is 4.98 Å². The van der Waals surface area contributed by atoms with E-state index >= 15 is 0 Å². The number of benzene rings is 1. The lowest BCUT2D eigenvalue weighted by Gasteiger charge is -2.27. The van der Waals surface area contributed by atoms with Crippen molar-refractivity contribution in [3.8, 4) is 0 Å². The Kier molecular flexibility index (Phi) is 5.93. The molecule has 1 amide bonds. The van der Waals surface area contributed by atoms with Gasteiger partial charge in [-0.05, 0) is 38.3 Å². The Morgan fingerprint density at radius 1 is 1.35 bits per heavy atom. The van der Waals surface area contributed by atoms with E-state index in [0.29, 0.717) is 13.0 Å². The average molecular weight is 314 g/mol. The number of carbonyl (C=O) groups excluding carboxylic acids is 1. The van der Waals surface area contributed by atoms with Crippen LogP contribution < -0.4 is 10.6 Å². The maximum Gasteiger partial charge on any atom is 0.228 e. The summed E-state index contributed by atoms with van der Waals surface area (Å²) >= 11 is 0. The van der Waals surface area contributed by atoms with Gasteiger partial charge >= 0.3 is 0 Å². The molecule has 5 nitrogen and oxygen atoms in total. The lowest BCUT2D eigenvalue weighted by Crippen LogP contribution is -2.37. The fourth-order valence-electron chi connectivity index (χ4n) is 2.81. The van der Waals surface area contributed by atoms with Crippen molar-refractivity contribution in [2.24, 2.45) is 5.73 Å². The highest BCUT2D eigenvalue weighted by molar-refractivity contribution is 5.95. The quantitative estimate of drug-likeness (QED) is 0.854. The smallest absolute Gasteiger partial charge is 0.228 e. The summed E-state index contributed by atoms with van der Waals surface area (Å²) in [5.41, 5.74) is 9.08. The zero-order valence-corrected chi connectivity index (χ0v) is 14.2. The predicted molar refractivity (Wildman–Crippen MR) is 93.4 cm³/mol. The normalized spacial score (nSPS) is 12.2. The fourth-order valence-corrected chi connectivity index (χ4v) is 2.81. The second-order valence-corrected chi connectivity index (χ2v) is 6.12. The van der Waals surface area contributed by atoms with Gasteiger partial charge in [-0.1, -0.05) is 18.2 Å². The summed E-state index contributed by atoms with van der Waals surface area (Å²) in [5, 5.41) is 0. The van der Waals surface area contributed by atoms with Crippen LogP contribution >= 0.6 is 0 Å². The van der Waals surface area contributed by atoms with Crippen LogP contribution in [-0.2, 0) is 11.3 Å². The number of aryl methyl sites for hydroxylation is 3. The number of amides is 1. The third-order valence-corrected chi connectivity index (χ3v) is 3.86. The van der Waals surface area contributed by atoms with Crippen LogP contribution in [-0.4, -0.2) is 28.0 Å². The summed E-state index contributed by atoms with van der Waals surface area (Å²) in [5.74, 6) is 0.0861. The minimum Gasteiger partial charge on any atom is -0.337 e. The van der Waals surface area contributed by atoms with Crippen molar-refractivity contribution in [3.05, 3.63) is 48.0 Å². The van der Waals surface area contributed by atoms with Crippen LogP contribution in [0.25, 0.3) is 0 Å². The Labute approximate surface area is 138 Å². The first kappa shape index (κ1) is 17.2. The number of anilines is 1. The number of para-hydroxylation sites is 1. The second kappa shape index (κ2) is 7.92. The molecule has 0 aliphatic heterocycles. The van der Waals surface area contributed by atoms with E-state index in [-0.39, 0.29) is 11.9 Å². The predicted octanol–water partition coefficient (Wildman–Crippen LogP) is 2.66.